The third-order valence-electron chi connectivity index (χ3n) is 3.54. The Kier molecular flexibility index (Phi) is 3.15. The van der Waals surface area contributed by atoms with Gasteiger partial charge >= 0.3 is 0 Å². The van der Waals surface area contributed by atoms with Crippen molar-refractivity contribution in [2.75, 3.05) is 0 Å². The Balaban J connectivity index is 1.81. The van der Waals surface area contributed by atoms with Crippen molar-refractivity contribution in [1.82, 2.24) is 9.97 Å². The van der Waals surface area contributed by atoms with E-state index in [1.54, 1.807) is 0 Å². The molecule has 18 heavy (non-hydrogen) atoms. The van der Waals surface area contributed by atoms with Crippen LogP contribution in [0.2, 0.25) is 0 Å². The van der Waals surface area contributed by atoms with E-state index in [-0.39, 0.29) is 0 Å². The SMILES string of the molecule is S=c1[nH]cc(CC2CCC=C2c2ccccc2)[nH]1. The molecule has 1 aliphatic carbocycles. The summed E-state index contributed by atoms with van der Waals surface area (Å²) < 4.78 is 0.716. The van der Waals surface area contributed by atoms with Crippen LogP contribution in [-0.4, -0.2) is 9.97 Å². The number of hydrogen-bond donors (Lipinski definition) is 2. The molecule has 92 valence electrons. The fourth-order valence-corrected chi connectivity index (χ4v) is 2.89. The van der Waals surface area contributed by atoms with Crippen LogP contribution in [0.15, 0.2) is 42.6 Å². The minimum absolute atomic E-state index is 0.605. The Morgan fingerprint density at radius 1 is 1.22 bits per heavy atom. The summed E-state index contributed by atoms with van der Waals surface area (Å²) >= 11 is 5.07. The van der Waals surface area contributed by atoms with Crippen molar-refractivity contribution in [2.24, 2.45) is 5.92 Å². The number of imidazole rings is 1. The summed E-state index contributed by atoms with van der Waals surface area (Å²) in [7, 11) is 0. The van der Waals surface area contributed by atoms with Crippen molar-refractivity contribution in [3.05, 3.63) is 58.6 Å². The van der Waals surface area contributed by atoms with Crippen molar-refractivity contribution in [3.8, 4) is 0 Å². The highest BCUT2D eigenvalue weighted by Crippen LogP contribution is 2.35. The first-order valence-electron chi connectivity index (χ1n) is 6.35. The molecule has 2 N–H and O–H groups in total. The summed E-state index contributed by atoms with van der Waals surface area (Å²) in [6.45, 7) is 0. The molecule has 1 aromatic heterocycles. The molecule has 0 amide bonds. The highest BCUT2D eigenvalue weighted by molar-refractivity contribution is 7.71. The van der Waals surface area contributed by atoms with Crippen molar-refractivity contribution in [1.29, 1.82) is 0 Å². The van der Waals surface area contributed by atoms with Crippen LogP contribution >= 0.6 is 12.2 Å². The first-order valence-corrected chi connectivity index (χ1v) is 6.76. The summed E-state index contributed by atoms with van der Waals surface area (Å²) in [4.78, 5) is 6.24. The van der Waals surface area contributed by atoms with Crippen LogP contribution in [0.5, 0.6) is 0 Å². The van der Waals surface area contributed by atoms with Crippen LogP contribution in [-0.2, 0) is 6.42 Å². The highest BCUT2D eigenvalue weighted by Gasteiger charge is 2.21. The normalized spacial score (nSPS) is 18.9. The summed E-state index contributed by atoms with van der Waals surface area (Å²) in [5.74, 6) is 0.605. The van der Waals surface area contributed by atoms with E-state index in [9.17, 15) is 0 Å². The summed E-state index contributed by atoms with van der Waals surface area (Å²) in [6, 6.07) is 10.7. The molecule has 1 atom stereocenters. The fourth-order valence-electron chi connectivity index (χ4n) is 2.70. The molecule has 3 rings (SSSR count). The second kappa shape index (κ2) is 4.94. The molecule has 0 fully saturated rings. The Hall–Kier alpha value is -1.61. The van der Waals surface area contributed by atoms with E-state index >= 15 is 0 Å². The van der Waals surface area contributed by atoms with Crippen LogP contribution in [0.1, 0.15) is 24.1 Å². The lowest BCUT2D eigenvalue weighted by Crippen LogP contribution is -2.03. The maximum absolute atomic E-state index is 5.07. The number of aromatic nitrogens is 2. The second-order valence-electron chi connectivity index (χ2n) is 4.77. The smallest absolute Gasteiger partial charge is 0.174 e. The Bertz CT molecular complexity index is 607. The number of allylic oxidation sites excluding steroid dienone is 2. The zero-order valence-corrected chi connectivity index (χ0v) is 11.0. The number of benzene rings is 1. The molecule has 0 bridgehead atoms. The number of rotatable bonds is 3. The summed E-state index contributed by atoms with van der Waals surface area (Å²) in [5.41, 5.74) is 4.04. The van der Waals surface area contributed by atoms with Gasteiger partial charge in [0.25, 0.3) is 0 Å². The second-order valence-corrected chi connectivity index (χ2v) is 5.18. The molecule has 0 radical (unpaired) electrons. The largest absolute Gasteiger partial charge is 0.337 e. The Labute approximate surface area is 112 Å². The predicted molar refractivity (Wildman–Crippen MR) is 76.8 cm³/mol. The van der Waals surface area contributed by atoms with Crippen LogP contribution in [0.3, 0.4) is 0 Å². The van der Waals surface area contributed by atoms with E-state index in [2.05, 4.69) is 46.4 Å². The molecule has 0 spiro atoms. The quantitative estimate of drug-likeness (QED) is 0.796. The Morgan fingerprint density at radius 2 is 2.06 bits per heavy atom. The molecule has 3 heteroatoms. The first-order chi connectivity index (χ1) is 8.83. The van der Waals surface area contributed by atoms with Gasteiger partial charge in [0, 0.05) is 11.9 Å². The lowest BCUT2D eigenvalue weighted by atomic mass is 9.91. The van der Waals surface area contributed by atoms with Gasteiger partial charge < -0.3 is 9.97 Å². The van der Waals surface area contributed by atoms with Gasteiger partial charge in [-0.3, -0.25) is 0 Å². The summed E-state index contributed by atoms with van der Waals surface area (Å²) in [6.07, 6.45) is 7.81. The lowest BCUT2D eigenvalue weighted by Gasteiger charge is -2.14. The Morgan fingerprint density at radius 3 is 2.78 bits per heavy atom. The molecule has 1 unspecified atom stereocenters. The van der Waals surface area contributed by atoms with Gasteiger partial charge in [-0.2, -0.15) is 0 Å². The van der Waals surface area contributed by atoms with Crippen molar-refractivity contribution in [3.63, 3.8) is 0 Å². The zero-order valence-electron chi connectivity index (χ0n) is 10.1. The van der Waals surface area contributed by atoms with Gasteiger partial charge in [0.15, 0.2) is 4.77 Å². The molecule has 0 aliphatic heterocycles. The molecule has 0 saturated carbocycles. The van der Waals surface area contributed by atoms with Gasteiger partial charge in [-0.05, 0) is 48.5 Å². The first kappa shape index (κ1) is 11.5. The molecular weight excluding hydrogens is 240 g/mol. The van der Waals surface area contributed by atoms with Gasteiger partial charge in [-0.1, -0.05) is 36.4 Å². The molecule has 2 nitrogen and oxygen atoms in total. The number of hydrogen-bond acceptors (Lipinski definition) is 1. The fraction of sp³-hybridized carbons (Fsp3) is 0.267. The van der Waals surface area contributed by atoms with Gasteiger partial charge in [-0.15, -0.1) is 0 Å². The van der Waals surface area contributed by atoms with Gasteiger partial charge in [0.1, 0.15) is 0 Å². The van der Waals surface area contributed by atoms with Gasteiger partial charge in [0.2, 0.25) is 0 Å². The molecular formula is C15H16N2S. The molecule has 2 aromatic rings. The standard InChI is InChI=1S/C15H16N2S/c18-15-16-10-13(17-15)9-12-7-4-8-14(12)11-5-2-1-3-6-11/h1-3,5-6,8,10,12H,4,7,9H2,(H2,16,17,18). The lowest BCUT2D eigenvalue weighted by molar-refractivity contribution is 0.635. The number of nitrogens with one attached hydrogen (secondary N) is 2. The average Bonchev–Trinajstić information content (AvgIpc) is 3.00. The maximum atomic E-state index is 5.07. The van der Waals surface area contributed by atoms with E-state index in [0.717, 1.165) is 6.42 Å². The van der Waals surface area contributed by atoms with E-state index in [1.165, 1.54) is 29.7 Å². The minimum Gasteiger partial charge on any atom is -0.337 e. The van der Waals surface area contributed by atoms with Crippen LogP contribution < -0.4 is 0 Å². The highest BCUT2D eigenvalue weighted by atomic mass is 32.1. The van der Waals surface area contributed by atoms with E-state index < -0.39 is 0 Å². The maximum Gasteiger partial charge on any atom is 0.174 e. The van der Waals surface area contributed by atoms with Gasteiger partial charge in [0.05, 0.1) is 0 Å². The summed E-state index contributed by atoms with van der Waals surface area (Å²) in [5, 5.41) is 0. The third kappa shape index (κ3) is 2.31. The average molecular weight is 256 g/mol. The third-order valence-corrected chi connectivity index (χ3v) is 3.76. The minimum atomic E-state index is 0.605. The predicted octanol–water partition coefficient (Wildman–Crippen LogP) is 4.11. The number of aromatic amines is 2. The van der Waals surface area contributed by atoms with Gasteiger partial charge in [-0.25, -0.2) is 0 Å². The molecule has 1 aromatic carbocycles. The van der Waals surface area contributed by atoms with E-state index in [4.69, 9.17) is 12.2 Å². The monoisotopic (exact) mass is 256 g/mol. The molecule has 1 heterocycles. The number of H-pyrrole nitrogens is 2. The zero-order chi connectivity index (χ0) is 12.4. The van der Waals surface area contributed by atoms with Crippen LogP contribution in [0.25, 0.3) is 5.57 Å². The van der Waals surface area contributed by atoms with Crippen LogP contribution in [0, 0.1) is 10.7 Å². The molecule has 0 saturated heterocycles. The molecule has 1 aliphatic rings. The van der Waals surface area contributed by atoms with Crippen molar-refractivity contribution >= 4 is 17.8 Å². The topological polar surface area (TPSA) is 31.6 Å². The van der Waals surface area contributed by atoms with E-state index in [0.29, 0.717) is 10.7 Å². The van der Waals surface area contributed by atoms with Crippen LogP contribution in [0.4, 0.5) is 0 Å². The van der Waals surface area contributed by atoms with Crippen molar-refractivity contribution in [2.45, 2.75) is 19.3 Å². The van der Waals surface area contributed by atoms with E-state index in [1.807, 2.05) is 6.20 Å². The van der Waals surface area contributed by atoms with Crippen molar-refractivity contribution < 1.29 is 0 Å².